The summed E-state index contributed by atoms with van der Waals surface area (Å²) in [6, 6.07) is 8.48. The highest BCUT2D eigenvalue weighted by atomic mass is 16.5. The van der Waals surface area contributed by atoms with E-state index in [1.807, 2.05) is 0 Å². The summed E-state index contributed by atoms with van der Waals surface area (Å²) < 4.78 is 5.22. The van der Waals surface area contributed by atoms with E-state index in [9.17, 15) is 0 Å². The molecular formula is C15H24N2O. The lowest BCUT2D eigenvalue weighted by Gasteiger charge is -2.15. The first-order valence-corrected chi connectivity index (χ1v) is 6.89. The van der Waals surface area contributed by atoms with Gasteiger partial charge in [-0.3, -0.25) is 0 Å². The van der Waals surface area contributed by atoms with Crippen molar-refractivity contribution in [1.82, 2.24) is 10.2 Å². The first-order chi connectivity index (χ1) is 8.90. The SMILES string of the molecule is COCc1ccccc1CNCCN1CCCC1. The van der Waals surface area contributed by atoms with Crippen LogP contribution in [0.25, 0.3) is 0 Å². The zero-order valence-electron chi connectivity index (χ0n) is 11.3. The number of methoxy groups -OCH3 is 1. The first-order valence-electron chi connectivity index (χ1n) is 6.89. The van der Waals surface area contributed by atoms with Crippen LogP contribution in [0.4, 0.5) is 0 Å². The van der Waals surface area contributed by atoms with E-state index < -0.39 is 0 Å². The van der Waals surface area contributed by atoms with Gasteiger partial charge >= 0.3 is 0 Å². The minimum Gasteiger partial charge on any atom is -0.380 e. The predicted molar refractivity (Wildman–Crippen MR) is 74.5 cm³/mol. The zero-order valence-corrected chi connectivity index (χ0v) is 11.3. The number of benzene rings is 1. The molecule has 1 aliphatic heterocycles. The van der Waals surface area contributed by atoms with E-state index >= 15 is 0 Å². The number of hydrogen-bond acceptors (Lipinski definition) is 3. The normalized spacial score (nSPS) is 16.3. The molecule has 2 rings (SSSR count). The molecule has 0 atom stereocenters. The maximum absolute atomic E-state index is 5.22. The molecule has 3 heteroatoms. The van der Waals surface area contributed by atoms with E-state index in [1.165, 1.54) is 43.6 Å². The van der Waals surface area contributed by atoms with Gasteiger partial charge in [0.25, 0.3) is 0 Å². The molecule has 0 saturated carbocycles. The van der Waals surface area contributed by atoms with Gasteiger partial charge in [0.1, 0.15) is 0 Å². The molecule has 1 aromatic carbocycles. The smallest absolute Gasteiger partial charge is 0.0716 e. The van der Waals surface area contributed by atoms with Crippen LogP contribution in [0.1, 0.15) is 24.0 Å². The van der Waals surface area contributed by atoms with E-state index in [0.717, 1.165) is 13.1 Å². The molecule has 0 amide bonds. The van der Waals surface area contributed by atoms with Crippen LogP contribution in [0.5, 0.6) is 0 Å². The standard InChI is InChI=1S/C15H24N2O/c1-18-13-15-7-3-2-6-14(15)12-16-8-11-17-9-4-5-10-17/h2-3,6-7,16H,4-5,8-13H2,1H3. The second kappa shape index (κ2) is 7.52. The minimum atomic E-state index is 0.698. The summed E-state index contributed by atoms with van der Waals surface area (Å²) in [7, 11) is 1.75. The Morgan fingerprint density at radius 3 is 2.61 bits per heavy atom. The van der Waals surface area contributed by atoms with Crippen LogP contribution in [0.3, 0.4) is 0 Å². The van der Waals surface area contributed by atoms with Crippen molar-refractivity contribution < 1.29 is 4.74 Å². The average molecular weight is 248 g/mol. The number of rotatable bonds is 7. The Kier molecular flexibility index (Phi) is 5.65. The van der Waals surface area contributed by atoms with Gasteiger partial charge in [0, 0.05) is 26.7 Å². The van der Waals surface area contributed by atoms with E-state index in [2.05, 4.69) is 34.5 Å². The number of likely N-dealkylation sites (tertiary alicyclic amines) is 1. The molecule has 0 spiro atoms. The third-order valence-corrected chi connectivity index (χ3v) is 3.54. The lowest BCUT2D eigenvalue weighted by atomic mass is 10.1. The molecule has 1 N–H and O–H groups in total. The maximum Gasteiger partial charge on any atom is 0.0716 e. The van der Waals surface area contributed by atoms with E-state index in [0.29, 0.717) is 6.61 Å². The molecule has 3 nitrogen and oxygen atoms in total. The quantitative estimate of drug-likeness (QED) is 0.747. The van der Waals surface area contributed by atoms with Crippen molar-refractivity contribution in [2.45, 2.75) is 26.0 Å². The summed E-state index contributed by atoms with van der Waals surface area (Å²) in [6.45, 7) is 6.44. The molecule has 0 unspecified atom stereocenters. The van der Waals surface area contributed by atoms with E-state index in [1.54, 1.807) is 7.11 Å². The fourth-order valence-electron chi connectivity index (χ4n) is 2.49. The van der Waals surface area contributed by atoms with Crippen molar-refractivity contribution in [3.63, 3.8) is 0 Å². The molecule has 0 bridgehead atoms. The Hall–Kier alpha value is -0.900. The molecular weight excluding hydrogens is 224 g/mol. The average Bonchev–Trinajstić information content (AvgIpc) is 2.90. The van der Waals surface area contributed by atoms with Crippen LogP contribution in [0.2, 0.25) is 0 Å². The summed E-state index contributed by atoms with van der Waals surface area (Å²) >= 11 is 0. The van der Waals surface area contributed by atoms with Crippen LogP contribution < -0.4 is 5.32 Å². The van der Waals surface area contributed by atoms with Crippen molar-refractivity contribution in [2.75, 3.05) is 33.3 Å². The lowest BCUT2D eigenvalue weighted by Crippen LogP contribution is -2.29. The third kappa shape index (κ3) is 4.09. The second-order valence-electron chi connectivity index (χ2n) is 4.93. The molecule has 0 radical (unpaired) electrons. The minimum absolute atomic E-state index is 0.698. The molecule has 1 aliphatic rings. The van der Waals surface area contributed by atoms with Gasteiger partial charge in [-0.2, -0.15) is 0 Å². The van der Waals surface area contributed by atoms with Gasteiger partial charge in [-0.15, -0.1) is 0 Å². The summed E-state index contributed by atoms with van der Waals surface area (Å²) in [5, 5.41) is 3.53. The Morgan fingerprint density at radius 2 is 1.89 bits per heavy atom. The molecule has 1 fully saturated rings. The van der Waals surface area contributed by atoms with Crippen LogP contribution in [-0.2, 0) is 17.9 Å². The van der Waals surface area contributed by atoms with E-state index in [-0.39, 0.29) is 0 Å². The van der Waals surface area contributed by atoms with Crippen LogP contribution in [0.15, 0.2) is 24.3 Å². The third-order valence-electron chi connectivity index (χ3n) is 3.54. The number of hydrogen-bond donors (Lipinski definition) is 1. The van der Waals surface area contributed by atoms with Crippen LogP contribution in [0, 0.1) is 0 Å². The topological polar surface area (TPSA) is 24.5 Å². The molecule has 0 aromatic heterocycles. The number of ether oxygens (including phenoxy) is 1. The molecule has 1 aromatic rings. The molecule has 0 aliphatic carbocycles. The second-order valence-corrected chi connectivity index (χ2v) is 4.93. The van der Waals surface area contributed by atoms with Crippen molar-refractivity contribution in [2.24, 2.45) is 0 Å². The monoisotopic (exact) mass is 248 g/mol. The van der Waals surface area contributed by atoms with Crippen molar-refractivity contribution in [3.05, 3.63) is 35.4 Å². The van der Waals surface area contributed by atoms with Gasteiger partial charge in [0.05, 0.1) is 6.61 Å². The lowest BCUT2D eigenvalue weighted by molar-refractivity contribution is 0.184. The summed E-state index contributed by atoms with van der Waals surface area (Å²) in [5.74, 6) is 0. The molecule has 1 heterocycles. The van der Waals surface area contributed by atoms with Gasteiger partial charge in [-0.1, -0.05) is 24.3 Å². The Labute approximate surface area is 110 Å². The van der Waals surface area contributed by atoms with Gasteiger partial charge in [0.2, 0.25) is 0 Å². The predicted octanol–water partition coefficient (Wildman–Crippen LogP) is 2.02. The van der Waals surface area contributed by atoms with Crippen LogP contribution >= 0.6 is 0 Å². The Bertz CT molecular complexity index is 348. The van der Waals surface area contributed by atoms with Crippen molar-refractivity contribution in [1.29, 1.82) is 0 Å². The van der Waals surface area contributed by atoms with Gasteiger partial charge in [-0.05, 0) is 37.1 Å². The molecule has 1 saturated heterocycles. The summed E-state index contributed by atoms with van der Waals surface area (Å²) in [6.07, 6.45) is 2.74. The van der Waals surface area contributed by atoms with Crippen molar-refractivity contribution in [3.8, 4) is 0 Å². The highest BCUT2D eigenvalue weighted by Crippen LogP contribution is 2.09. The fraction of sp³-hybridized carbons (Fsp3) is 0.600. The molecule has 100 valence electrons. The number of nitrogens with one attached hydrogen (secondary N) is 1. The first kappa shape index (κ1) is 13.5. The maximum atomic E-state index is 5.22. The summed E-state index contributed by atoms with van der Waals surface area (Å²) in [4.78, 5) is 2.54. The highest BCUT2D eigenvalue weighted by Gasteiger charge is 2.10. The van der Waals surface area contributed by atoms with Gasteiger partial charge < -0.3 is 15.0 Å². The Balaban J connectivity index is 1.72. The largest absolute Gasteiger partial charge is 0.380 e. The van der Waals surface area contributed by atoms with Crippen LogP contribution in [-0.4, -0.2) is 38.2 Å². The van der Waals surface area contributed by atoms with Gasteiger partial charge in [-0.25, -0.2) is 0 Å². The molecule has 18 heavy (non-hydrogen) atoms. The Morgan fingerprint density at radius 1 is 1.17 bits per heavy atom. The highest BCUT2D eigenvalue weighted by molar-refractivity contribution is 5.26. The van der Waals surface area contributed by atoms with Crippen molar-refractivity contribution >= 4 is 0 Å². The zero-order chi connectivity index (χ0) is 12.6. The van der Waals surface area contributed by atoms with E-state index in [4.69, 9.17) is 4.74 Å². The van der Waals surface area contributed by atoms with Gasteiger partial charge in [0.15, 0.2) is 0 Å². The fourth-order valence-corrected chi connectivity index (χ4v) is 2.49. The summed E-state index contributed by atoms with van der Waals surface area (Å²) in [5.41, 5.74) is 2.63. The number of nitrogens with zero attached hydrogens (tertiary/aromatic N) is 1.